The molecule has 0 N–H and O–H groups in total. The highest BCUT2D eigenvalue weighted by Crippen LogP contribution is 2.62. The van der Waals surface area contributed by atoms with Crippen LogP contribution in [-0.2, 0) is 4.79 Å². The predicted molar refractivity (Wildman–Crippen MR) is 112 cm³/mol. The van der Waals surface area contributed by atoms with Gasteiger partial charge in [0.2, 0.25) is 0 Å². The van der Waals surface area contributed by atoms with E-state index < -0.39 is 17.5 Å². The highest BCUT2D eigenvalue weighted by Gasteiger charge is 2.53. The zero-order valence-corrected chi connectivity index (χ0v) is 18.6. The Morgan fingerprint density at radius 3 is 1.35 bits per heavy atom. The summed E-state index contributed by atoms with van der Waals surface area (Å²) in [5.74, 6) is 0.424. The quantitative estimate of drug-likeness (QED) is 0.500. The summed E-state index contributed by atoms with van der Waals surface area (Å²) in [5.41, 5.74) is 0.385. The lowest BCUT2D eigenvalue weighted by Gasteiger charge is -2.36. The summed E-state index contributed by atoms with van der Waals surface area (Å²) in [6.45, 7) is 0. The van der Waals surface area contributed by atoms with Gasteiger partial charge in [-0.2, -0.15) is 0 Å². The molecule has 0 aromatic heterocycles. The number of carbonyl (C=O) groups is 1. The fraction of sp³-hybridized carbons (Fsp3) is 0.208. The molecule has 3 aromatic carbocycles. The molecule has 1 aliphatic rings. The van der Waals surface area contributed by atoms with Gasteiger partial charge in [0, 0.05) is 12.8 Å². The van der Waals surface area contributed by atoms with E-state index in [0.717, 1.165) is 19.3 Å². The second kappa shape index (κ2) is 10.5. The van der Waals surface area contributed by atoms with E-state index in [1.807, 2.05) is 0 Å². The van der Waals surface area contributed by atoms with Crippen molar-refractivity contribution in [3.8, 4) is 0 Å². The van der Waals surface area contributed by atoms with E-state index in [-0.39, 0.29) is 0 Å². The van der Waals surface area contributed by atoms with Crippen molar-refractivity contribution in [2.75, 3.05) is 0 Å². The molecule has 0 amide bonds. The molecule has 7 heteroatoms. The highest BCUT2D eigenvalue weighted by molar-refractivity contribution is 7.96. The first-order valence-corrected chi connectivity index (χ1v) is 13.1. The van der Waals surface area contributed by atoms with Gasteiger partial charge in [0.05, 0.1) is 5.66 Å². The minimum Gasteiger partial charge on any atom is -0.300 e. The number of Topliss-reactive ketones (excluding diaryl/α,β-unsaturated/α-hetero) is 1. The number of hydrogen-bond donors (Lipinski definition) is 0. The van der Waals surface area contributed by atoms with Crippen molar-refractivity contribution in [2.45, 2.75) is 31.3 Å². The molecule has 0 heterocycles. The topological polar surface area (TPSA) is 109 Å². The van der Waals surface area contributed by atoms with Crippen molar-refractivity contribution >= 4 is 29.0 Å². The molecule has 0 spiro atoms. The lowest BCUT2D eigenvalue weighted by Crippen LogP contribution is -2.68. The maximum atomic E-state index is 12.4. The Kier molecular flexibility index (Phi) is 7.95. The standard InChI is InChI=1S/C24H24OP.ClHO4/c25-20-11-10-18-24(19-20)26(21-12-4-1-5-13-21,22-14-6-2-7-15-22)23-16-8-3-9-17-23;2-1(3,4)5/h1-9,12-17,24H,10-11,18-19H2;(H,2,3,4,5)/q+1;/p-1. The number of halogens is 1. The second-order valence-corrected chi connectivity index (χ2v) is 11.9. The van der Waals surface area contributed by atoms with Crippen molar-refractivity contribution in [1.29, 1.82) is 0 Å². The van der Waals surface area contributed by atoms with Crippen LogP contribution in [-0.4, -0.2) is 11.4 Å². The molecule has 1 aliphatic carbocycles. The van der Waals surface area contributed by atoms with Crippen LogP contribution >= 0.6 is 7.26 Å². The van der Waals surface area contributed by atoms with Gasteiger partial charge in [0.25, 0.3) is 0 Å². The molecule has 0 saturated heterocycles. The average Bonchev–Trinajstić information content (AvgIpc) is 2.76. The van der Waals surface area contributed by atoms with Gasteiger partial charge in [-0.05, 0) is 49.2 Å². The molecule has 162 valence electrons. The van der Waals surface area contributed by atoms with Crippen molar-refractivity contribution in [1.82, 2.24) is 0 Å². The minimum absolute atomic E-state index is 0.385. The Morgan fingerprint density at radius 1 is 0.677 bits per heavy atom. The van der Waals surface area contributed by atoms with E-state index in [4.69, 9.17) is 18.6 Å². The smallest absolute Gasteiger partial charge is 0.136 e. The normalized spacial score (nSPS) is 16.9. The summed E-state index contributed by atoms with van der Waals surface area (Å²) >= 11 is 0. The van der Waals surface area contributed by atoms with Gasteiger partial charge in [0.1, 0.15) is 29.0 Å². The van der Waals surface area contributed by atoms with E-state index in [9.17, 15) is 4.79 Å². The zero-order chi connectivity index (χ0) is 22.3. The summed E-state index contributed by atoms with van der Waals surface area (Å²) in [7, 11) is -6.83. The number of ketones is 1. The van der Waals surface area contributed by atoms with Crippen LogP contribution in [0.3, 0.4) is 0 Å². The first-order chi connectivity index (χ1) is 14.8. The van der Waals surface area contributed by atoms with Crippen LogP contribution in [0.2, 0.25) is 0 Å². The SMILES string of the molecule is O=C1CCCC([P+](c2ccccc2)(c2ccccc2)c2ccccc2)C1.[O-][Cl+3]([O-])([O-])[O-]. The lowest BCUT2D eigenvalue weighted by molar-refractivity contribution is -2.00. The largest absolute Gasteiger partial charge is 0.300 e. The molecule has 31 heavy (non-hydrogen) atoms. The monoisotopic (exact) mass is 458 g/mol. The summed E-state index contributed by atoms with van der Waals surface area (Å²) in [4.78, 5) is 12.4. The molecular weight excluding hydrogens is 435 g/mol. The number of rotatable bonds is 4. The summed E-state index contributed by atoms with van der Waals surface area (Å²) in [5, 5.41) is 4.16. The van der Waals surface area contributed by atoms with Gasteiger partial charge in [-0.3, -0.25) is 4.79 Å². The fourth-order valence-electron chi connectivity index (χ4n) is 4.40. The molecule has 4 rings (SSSR count). The van der Waals surface area contributed by atoms with Crippen molar-refractivity contribution in [3.63, 3.8) is 0 Å². The van der Waals surface area contributed by atoms with Gasteiger partial charge >= 0.3 is 0 Å². The van der Waals surface area contributed by atoms with Crippen molar-refractivity contribution < 1.29 is 33.7 Å². The lowest BCUT2D eigenvalue weighted by atomic mass is 9.99. The molecule has 3 aromatic rings. The maximum Gasteiger partial charge on any atom is 0.136 e. The van der Waals surface area contributed by atoms with Gasteiger partial charge in [-0.15, -0.1) is 10.2 Å². The molecule has 1 saturated carbocycles. The Morgan fingerprint density at radius 2 is 1.03 bits per heavy atom. The van der Waals surface area contributed by atoms with E-state index in [2.05, 4.69) is 91.0 Å². The van der Waals surface area contributed by atoms with Gasteiger partial charge in [0.15, 0.2) is 0 Å². The van der Waals surface area contributed by atoms with Gasteiger partial charge in [-0.25, -0.2) is 18.6 Å². The third kappa shape index (κ3) is 5.98. The van der Waals surface area contributed by atoms with E-state index >= 15 is 0 Å². The zero-order valence-electron chi connectivity index (χ0n) is 16.9. The molecular formula is C24H24ClO5P. The van der Waals surface area contributed by atoms with Crippen LogP contribution in [0.15, 0.2) is 91.0 Å². The Balaban J connectivity index is 0.000000491. The van der Waals surface area contributed by atoms with Gasteiger partial charge in [-0.1, -0.05) is 54.6 Å². The van der Waals surface area contributed by atoms with E-state index in [1.54, 1.807) is 0 Å². The number of carbonyl (C=O) groups excluding carboxylic acids is 1. The van der Waals surface area contributed by atoms with Crippen LogP contribution in [0, 0.1) is 10.2 Å². The fourth-order valence-corrected chi connectivity index (χ4v) is 9.54. The maximum absolute atomic E-state index is 12.4. The Bertz CT molecular complexity index is 859. The summed E-state index contributed by atoms with van der Waals surface area (Å²) < 4.78 is 34.0. The van der Waals surface area contributed by atoms with Crippen molar-refractivity contribution in [3.05, 3.63) is 91.0 Å². The average molecular weight is 459 g/mol. The summed E-state index contributed by atoms with van der Waals surface area (Å²) in [6, 6.07) is 32.7. The molecule has 5 nitrogen and oxygen atoms in total. The number of hydrogen-bond acceptors (Lipinski definition) is 5. The molecule has 1 fully saturated rings. The van der Waals surface area contributed by atoms with E-state index in [0.29, 0.717) is 17.9 Å². The number of benzene rings is 3. The van der Waals surface area contributed by atoms with Crippen LogP contribution < -0.4 is 34.5 Å². The van der Waals surface area contributed by atoms with Crippen LogP contribution in [0.5, 0.6) is 0 Å². The molecule has 1 unspecified atom stereocenters. The van der Waals surface area contributed by atoms with Crippen LogP contribution in [0.1, 0.15) is 25.7 Å². The minimum atomic E-state index is -4.94. The molecule has 0 bridgehead atoms. The van der Waals surface area contributed by atoms with Crippen molar-refractivity contribution in [2.24, 2.45) is 0 Å². The van der Waals surface area contributed by atoms with Crippen LogP contribution in [0.25, 0.3) is 0 Å². The predicted octanol–water partition coefficient (Wildman–Crippen LogP) is -0.264. The first kappa shape index (κ1) is 23.6. The molecule has 0 radical (unpaired) electrons. The first-order valence-electron chi connectivity index (χ1n) is 10.0. The van der Waals surface area contributed by atoms with Crippen LogP contribution in [0.4, 0.5) is 0 Å². The Labute approximate surface area is 185 Å². The third-order valence-electron chi connectivity index (χ3n) is 5.49. The Hall–Kier alpha value is -2.11. The molecule has 0 aliphatic heterocycles. The van der Waals surface area contributed by atoms with E-state index in [1.165, 1.54) is 15.9 Å². The third-order valence-corrected chi connectivity index (χ3v) is 10.4. The highest BCUT2D eigenvalue weighted by atomic mass is 35.7. The molecule has 1 atom stereocenters. The summed E-state index contributed by atoms with van der Waals surface area (Å²) in [6.07, 6.45) is 3.58. The van der Waals surface area contributed by atoms with Gasteiger partial charge < -0.3 is 0 Å². The second-order valence-electron chi connectivity index (χ2n) is 7.40.